The molecule has 0 aromatic heterocycles. The summed E-state index contributed by atoms with van der Waals surface area (Å²) in [5.41, 5.74) is 1.47. The van der Waals surface area contributed by atoms with E-state index >= 15 is 0 Å². The van der Waals surface area contributed by atoms with Gasteiger partial charge >= 0.3 is 0 Å². The van der Waals surface area contributed by atoms with Gasteiger partial charge in [0.1, 0.15) is 5.75 Å². The van der Waals surface area contributed by atoms with Crippen molar-refractivity contribution in [3.8, 4) is 5.75 Å². The molecule has 0 bridgehead atoms. The lowest BCUT2D eigenvalue weighted by molar-refractivity contribution is -0.137. The molecule has 30 heavy (non-hydrogen) atoms. The first-order chi connectivity index (χ1) is 14.3. The third kappa shape index (κ3) is 4.18. The molecule has 2 aromatic rings. The first-order valence-corrected chi connectivity index (χ1v) is 10.7. The minimum atomic E-state index is -1.37. The highest BCUT2D eigenvalue weighted by Crippen LogP contribution is 2.51. The van der Waals surface area contributed by atoms with Crippen LogP contribution >= 0.6 is 11.8 Å². The summed E-state index contributed by atoms with van der Waals surface area (Å²) in [4.78, 5) is 33.0. The lowest BCUT2D eigenvalue weighted by atomic mass is 9.94. The first kappa shape index (κ1) is 22.2. The van der Waals surface area contributed by atoms with Crippen LogP contribution in [0.4, 0.5) is 5.69 Å². The topological polar surface area (TPSA) is 53.1 Å². The fourth-order valence-corrected chi connectivity index (χ4v) is 5.02. The molecule has 0 saturated carbocycles. The van der Waals surface area contributed by atoms with Crippen LogP contribution in [0.2, 0.25) is 0 Å². The van der Waals surface area contributed by atoms with Crippen LogP contribution in [-0.2, 0) is 14.3 Å². The highest BCUT2D eigenvalue weighted by Gasteiger charge is 2.54. The van der Waals surface area contributed by atoms with Gasteiger partial charge in [0.25, 0.3) is 11.8 Å². The van der Waals surface area contributed by atoms with Gasteiger partial charge in [-0.25, -0.2) is 0 Å². The summed E-state index contributed by atoms with van der Waals surface area (Å²) in [6.45, 7) is 1.57. The molecule has 0 spiro atoms. The van der Waals surface area contributed by atoms with Gasteiger partial charge in [0.05, 0.1) is 12.3 Å². The number of benzene rings is 2. The maximum Gasteiger partial charge on any atom is 0.257 e. The smallest absolute Gasteiger partial charge is 0.257 e. The molecule has 3 rings (SSSR count). The monoisotopic (exact) mass is 427 g/mol. The molecule has 1 atom stereocenters. The van der Waals surface area contributed by atoms with Gasteiger partial charge in [-0.15, -0.1) is 0 Å². The Kier molecular flexibility index (Phi) is 6.73. The van der Waals surface area contributed by atoms with E-state index in [1.807, 2.05) is 62.6 Å². The second kappa shape index (κ2) is 9.10. The van der Waals surface area contributed by atoms with Crippen LogP contribution < -0.4 is 9.64 Å². The molecule has 0 fully saturated rings. The molecular formula is C23H29N3O3S. The Morgan fingerprint density at radius 2 is 1.73 bits per heavy atom. The molecule has 0 radical (unpaired) electrons. The van der Waals surface area contributed by atoms with Crippen molar-refractivity contribution in [2.45, 2.75) is 16.1 Å². The van der Waals surface area contributed by atoms with Crippen molar-refractivity contribution in [2.24, 2.45) is 0 Å². The molecule has 7 heteroatoms. The average molecular weight is 428 g/mol. The lowest BCUT2D eigenvalue weighted by Gasteiger charge is -2.40. The fraction of sp³-hybridized carbons (Fsp3) is 0.391. The van der Waals surface area contributed by atoms with Gasteiger partial charge in [0.15, 0.2) is 0 Å². The molecule has 2 amide bonds. The maximum absolute atomic E-state index is 13.5. The van der Waals surface area contributed by atoms with E-state index in [2.05, 4.69) is 4.90 Å². The molecule has 2 aromatic carbocycles. The fourth-order valence-electron chi connectivity index (χ4n) is 3.49. The van der Waals surface area contributed by atoms with Crippen molar-refractivity contribution >= 4 is 29.3 Å². The zero-order chi connectivity index (χ0) is 21.9. The van der Waals surface area contributed by atoms with Crippen molar-refractivity contribution < 1.29 is 14.3 Å². The summed E-state index contributed by atoms with van der Waals surface area (Å²) in [7, 11) is 9.15. The number of para-hydroxylation sites is 1. The van der Waals surface area contributed by atoms with Gasteiger partial charge < -0.3 is 19.4 Å². The van der Waals surface area contributed by atoms with Gasteiger partial charge in [-0.3, -0.25) is 9.59 Å². The SMILES string of the molecule is CN(C)CCCOc1ccc(C2(C(=O)N(C)C)Sc3ccccc3N(C)C2=O)cc1. The van der Waals surface area contributed by atoms with Gasteiger partial charge in [0.2, 0.25) is 4.75 Å². The second-order valence-corrected chi connectivity index (χ2v) is 9.10. The highest BCUT2D eigenvalue weighted by molar-refractivity contribution is 8.02. The van der Waals surface area contributed by atoms with Crippen molar-refractivity contribution in [3.63, 3.8) is 0 Å². The van der Waals surface area contributed by atoms with Crippen LogP contribution in [0.5, 0.6) is 5.75 Å². The highest BCUT2D eigenvalue weighted by atomic mass is 32.2. The zero-order valence-corrected chi connectivity index (χ0v) is 19.0. The van der Waals surface area contributed by atoms with Gasteiger partial charge in [-0.05, 0) is 50.3 Å². The van der Waals surface area contributed by atoms with Crippen LogP contribution in [0.25, 0.3) is 0 Å². The second-order valence-electron chi connectivity index (χ2n) is 7.84. The Morgan fingerprint density at radius 3 is 2.37 bits per heavy atom. The number of carbonyl (C=O) groups is 2. The predicted molar refractivity (Wildman–Crippen MR) is 121 cm³/mol. The summed E-state index contributed by atoms with van der Waals surface area (Å²) >= 11 is 1.31. The van der Waals surface area contributed by atoms with E-state index in [1.54, 1.807) is 26.0 Å². The van der Waals surface area contributed by atoms with Crippen molar-refractivity contribution in [2.75, 3.05) is 53.3 Å². The summed E-state index contributed by atoms with van der Waals surface area (Å²) in [6.07, 6.45) is 0.924. The standard InChI is InChI=1S/C23H29N3O3S/c1-24(2)15-8-16-29-18-13-11-17(12-14-18)23(21(27)25(3)4)22(28)26(5)19-9-6-7-10-20(19)30-23/h6-7,9-14H,8,15-16H2,1-5H3. The molecule has 1 aliphatic heterocycles. The number of hydrogen-bond acceptors (Lipinski definition) is 5. The van der Waals surface area contributed by atoms with E-state index in [1.165, 1.54) is 16.7 Å². The Bertz CT molecular complexity index is 914. The number of rotatable bonds is 7. The number of anilines is 1. The third-order valence-corrected chi connectivity index (χ3v) is 6.54. The van der Waals surface area contributed by atoms with Gasteiger partial charge in [0, 0.05) is 32.6 Å². The summed E-state index contributed by atoms with van der Waals surface area (Å²) in [5, 5.41) is 0. The molecule has 0 aliphatic carbocycles. The largest absolute Gasteiger partial charge is 0.494 e. The Hall–Kier alpha value is -2.51. The lowest BCUT2D eigenvalue weighted by Crippen LogP contribution is -2.54. The number of thioether (sulfide) groups is 1. The molecular weight excluding hydrogens is 398 g/mol. The van der Waals surface area contributed by atoms with Crippen LogP contribution in [0, 0.1) is 0 Å². The van der Waals surface area contributed by atoms with E-state index in [0.717, 1.165) is 29.3 Å². The Balaban J connectivity index is 1.94. The predicted octanol–water partition coefficient (Wildman–Crippen LogP) is 3.07. The maximum atomic E-state index is 13.5. The third-order valence-electron chi connectivity index (χ3n) is 5.08. The molecule has 1 heterocycles. The summed E-state index contributed by atoms with van der Waals surface area (Å²) in [5.74, 6) is 0.232. The van der Waals surface area contributed by atoms with Crippen LogP contribution in [0.1, 0.15) is 12.0 Å². The van der Waals surface area contributed by atoms with Crippen LogP contribution in [0.15, 0.2) is 53.4 Å². The zero-order valence-electron chi connectivity index (χ0n) is 18.2. The van der Waals surface area contributed by atoms with E-state index in [0.29, 0.717) is 12.2 Å². The number of nitrogens with zero attached hydrogens (tertiary/aromatic N) is 3. The number of carbonyl (C=O) groups excluding carboxylic acids is 2. The van der Waals surface area contributed by atoms with E-state index < -0.39 is 4.75 Å². The van der Waals surface area contributed by atoms with Gasteiger partial charge in [-0.1, -0.05) is 36.0 Å². The molecule has 0 N–H and O–H groups in total. The van der Waals surface area contributed by atoms with Crippen molar-refractivity contribution in [3.05, 3.63) is 54.1 Å². The molecule has 0 saturated heterocycles. The van der Waals surface area contributed by atoms with Crippen LogP contribution in [0.3, 0.4) is 0 Å². The normalized spacial score (nSPS) is 18.3. The van der Waals surface area contributed by atoms with Crippen molar-refractivity contribution in [1.82, 2.24) is 9.80 Å². The quantitative estimate of drug-likeness (QED) is 0.502. The molecule has 6 nitrogen and oxygen atoms in total. The molecule has 1 unspecified atom stereocenters. The number of fused-ring (bicyclic) bond motifs is 1. The number of likely N-dealkylation sites (N-methyl/N-ethyl adjacent to an activating group) is 2. The number of amides is 2. The van der Waals surface area contributed by atoms with E-state index in [4.69, 9.17) is 4.74 Å². The minimum absolute atomic E-state index is 0.246. The van der Waals surface area contributed by atoms with Crippen LogP contribution in [-0.4, -0.2) is 70.0 Å². The first-order valence-electron chi connectivity index (χ1n) is 9.93. The van der Waals surface area contributed by atoms with Crippen molar-refractivity contribution in [1.29, 1.82) is 0 Å². The Labute approximate surface area is 182 Å². The minimum Gasteiger partial charge on any atom is -0.494 e. The average Bonchev–Trinajstić information content (AvgIpc) is 2.73. The Morgan fingerprint density at radius 1 is 1.07 bits per heavy atom. The summed E-state index contributed by atoms with van der Waals surface area (Å²) in [6, 6.07) is 15.0. The number of hydrogen-bond donors (Lipinski definition) is 0. The van der Waals surface area contributed by atoms with Gasteiger partial charge in [-0.2, -0.15) is 0 Å². The molecule has 1 aliphatic rings. The van der Waals surface area contributed by atoms with E-state index in [9.17, 15) is 9.59 Å². The molecule has 160 valence electrons. The van der Waals surface area contributed by atoms with E-state index in [-0.39, 0.29) is 11.8 Å². The summed E-state index contributed by atoms with van der Waals surface area (Å²) < 4.78 is 4.45. The number of ether oxygens (including phenoxy) is 1.